The van der Waals surface area contributed by atoms with Crippen LogP contribution in [0, 0.1) is 11.3 Å². The second-order valence-corrected chi connectivity index (χ2v) is 8.04. The van der Waals surface area contributed by atoms with E-state index in [-0.39, 0.29) is 30.2 Å². The summed E-state index contributed by atoms with van der Waals surface area (Å²) in [7, 11) is 0. The molecular formula is C24H26F3N3O10. The Labute approximate surface area is 224 Å². The molecule has 218 valence electrons. The SMILES string of the molecule is CCC(Cc1ccc(C(=O)Oc2ccc(C(=N)N)cc2)o1)C(=O)N[C@H](CCC(=O)O)C(=O)O.O=C(O)C(F)(F)F. The quantitative estimate of drug-likeness (QED) is 0.0934. The van der Waals surface area contributed by atoms with Crippen molar-refractivity contribution >= 4 is 35.6 Å². The number of carbonyl (C=O) groups excluding carboxylic acids is 2. The second kappa shape index (κ2) is 14.9. The monoisotopic (exact) mass is 573 g/mol. The van der Waals surface area contributed by atoms with Crippen LogP contribution in [0.25, 0.3) is 0 Å². The van der Waals surface area contributed by atoms with E-state index in [4.69, 9.17) is 35.3 Å². The molecule has 0 aliphatic heterocycles. The molecule has 1 heterocycles. The lowest BCUT2D eigenvalue weighted by atomic mass is 9.99. The summed E-state index contributed by atoms with van der Waals surface area (Å²) in [6, 6.07) is 7.63. The van der Waals surface area contributed by atoms with Crippen molar-refractivity contribution in [3.8, 4) is 5.75 Å². The first kappa shape index (κ1) is 33.1. The number of amidine groups is 1. The number of alkyl halides is 3. The highest BCUT2D eigenvalue weighted by Crippen LogP contribution is 2.19. The van der Waals surface area contributed by atoms with E-state index in [9.17, 15) is 37.5 Å². The minimum atomic E-state index is -5.08. The Balaban J connectivity index is 0.00000101. The number of benzene rings is 1. The van der Waals surface area contributed by atoms with Crippen LogP contribution in [-0.4, -0.2) is 63.2 Å². The normalized spacial score (nSPS) is 12.2. The average molecular weight is 573 g/mol. The lowest BCUT2D eigenvalue weighted by Gasteiger charge is -2.18. The molecule has 13 nitrogen and oxygen atoms in total. The summed E-state index contributed by atoms with van der Waals surface area (Å²) in [6.07, 6.45) is -5.25. The number of aliphatic carboxylic acids is 3. The summed E-state index contributed by atoms with van der Waals surface area (Å²) in [4.78, 5) is 55.7. The Morgan fingerprint density at radius 3 is 2.08 bits per heavy atom. The maximum absolute atomic E-state index is 12.5. The van der Waals surface area contributed by atoms with Crippen molar-refractivity contribution in [2.24, 2.45) is 11.7 Å². The number of nitrogen functional groups attached to an aromatic ring is 1. The van der Waals surface area contributed by atoms with Gasteiger partial charge >= 0.3 is 30.1 Å². The Morgan fingerprint density at radius 1 is 1.05 bits per heavy atom. The summed E-state index contributed by atoms with van der Waals surface area (Å²) in [5, 5.41) is 34.8. The third kappa shape index (κ3) is 11.2. The summed E-state index contributed by atoms with van der Waals surface area (Å²) < 4.78 is 42.4. The lowest BCUT2D eigenvalue weighted by Crippen LogP contribution is -2.44. The van der Waals surface area contributed by atoms with Gasteiger partial charge in [-0.1, -0.05) is 6.92 Å². The Morgan fingerprint density at radius 2 is 1.62 bits per heavy atom. The van der Waals surface area contributed by atoms with Crippen molar-refractivity contribution in [3.63, 3.8) is 0 Å². The summed E-state index contributed by atoms with van der Waals surface area (Å²) >= 11 is 0. The van der Waals surface area contributed by atoms with Crippen molar-refractivity contribution < 1.29 is 61.6 Å². The van der Waals surface area contributed by atoms with E-state index < -0.39 is 54.3 Å². The zero-order valence-corrected chi connectivity index (χ0v) is 20.9. The number of nitrogens with one attached hydrogen (secondary N) is 2. The number of carboxylic acids is 3. The first-order valence-corrected chi connectivity index (χ1v) is 11.4. The Bertz CT molecular complexity index is 1230. The molecule has 0 spiro atoms. The highest BCUT2D eigenvalue weighted by atomic mass is 19.4. The van der Waals surface area contributed by atoms with Crippen LogP contribution in [0.15, 0.2) is 40.8 Å². The maximum Gasteiger partial charge on any atom is 0.490 e. The molecule has 1 amide bonds. The van der Waals surface area contributed by atoms with Gasteiger partial charge in [-0.3, -0.25) is 15.0 Å². The van der Waals surface area contributed by atoms with E-state index >= 15 is 0 Å². The fraction of sp³-hybridized carbons (Fsp3) is 0.333. The molecule has 0 aliphatic carbocycles. The predicted octanol–water partition coefficient (Wildman–Crippen LogP) is 2.42. The van der Waals surface area contributed by atoms with Gasteiger partial charge < -0.3 is 35.5 Å². The van der Waals surface area contributed by atoms with Crippen LogP contribution in [0.2, 0.25) is 0 Å². The standard InChI is InChI=1S/C22H25N3O8.C2HF3O2/c1-2-12(20(28)25-16(21(29)30)8-10-18(26)27)11-15-7-9-17(32-15)22(31)33-14-5-3-13(4-6-14)19(23)24;3-2(4,5)1(6)7/h3-7,9,12,16H,2,8,10-11H2,1H3,(H3,23,24)(H,25,28)(H,26,27)(H,29,30);(H,6,7)/t12?,16-;/m1./s1. The van der Waals surface area contributed by atoms with Crippen LogP contribution in [0.5, 0.6) is 5.75 Å². The summed E-state index contributed by atoms with van der Waals surface area (Å²) in [6.45, 7) is 1.74. The van der Waals surface area contributed by atoms with E-state index in [1.54, 1.807) is 6.92 Å². The van der Waals surface area contributed by atoms with Crippen LogP contribution >= 0.6 is 0 Å². The molecule has 0 saturated heterocycles. The van der Waals surface area contributed by atoms with Gasteiger partial charge in [0, 0.05) is 24.3 Å². The van der Waals surface area contributed by atoms with E-state index in [1.807, 2.05) is 0 Å². The zero-order chi connectivity index (χ0) is 30.6. The molecule has 16 heteroatoms. The number of nitrogens with two attached hydrogens (primary N) is 1. The number of hydrogen-bond acceptors (Lipinski definition) is 8. The molecule has 2 rings (SSSR count). The number of carbonyl (C=O) groups is 5. The zero-order valence-electron chi connectivity index (χ0n) is 20.9. The van der Waals surface area contributed by atoms with E-state index in [0.29, 0.717) is 17.7 Å². The molecule has 40 heavy (non-hydrogen) atoms. The molecule has 0 bridgehead atoms. The fourth-order valence-electron chi connectivity index (χ4n) is 2.94. The number of ether oxygens (including phenoxy) is 1. The molecule has 0 fully saturated rings. The number of halogens is 3. The van der Waals surface area contributed by atoms with Gasteiger partial charge in [0.2, 0.25) is 11.7 Å². The van der Waals surface area contributed by atoms with Gasteiger partial charge in [-0.05, 0) is 49.2 Å². The number of furan rings is 1. The molecule has 0 aliphatic rings. The van der Waals surface area contributed by atoms with E-state index in [1.165, 1.54) is 36.4 Å². The molecular weight excluding hydrogens is 547 g/mol. The van der Waals surface area contributed by atoms with E-state index in [0.717, 1.165) is 0 Å². The van der Waals surface area contributed by atoms with Crippen LogP contribution in [0.4, 0.5) is 13.2 Å². The highest BCUT2D eigenvalue weighted by molar-refractivity contribution is 5.95. The van der Waals surface area contributed by atoms with Gasteiger partial charge in [-0.15, -0.1) is 0 Å². The van der Waals surface area contributed by atoms with Crippen molar-refractivity contribution in [1.29, 1.82) is 5.41 Å². The second-order valence-electron chi connectivity index (χ2n) is 8.04. The van der Waals surface area contributed by atoms with Gasteiger partial charge in [0.25, 0.3) is 0 Å². The average Bonchev–Trinajstić information content (AvgIpc) is 3.33. The van der Waals surface area contributed by atoms with Crippen molar-refractivity contribution in [2.45, 2.75) is 44.8 Å². The van der Waals surface area contributed by atoms with Crippen LogP contribution in [0.3, 0.4) is 0 Å². The molecule has 0 saturated carbocycles. The maximum atomic E-state index is 12.5. The summed E-state index contributed by atoms with van der Waals surface area (Å²) in [5.74, 6) is -6.83. The summed E-state index contributed by atoms with van der Waals surface area (Å²) in [5.41, 5.74) is 5.86. The highest BCUT2D eigenvalue weighted by Gasteiger charge is 2.38. The van der Waals surface area contributed by atoms with Crippen LogP contribution in [-0.2, 0) is 25.6 Å². The molecule has 1 aromatic heterocycles. The van der Waals surface area contributed by atoms with Gasteiger partial charge in [-0.2, -0.15) is 13.2 Å². The molecule has 2 aromatic rings. The van der Waals surface area contributed by atoms with Gasteiger partial charge in [0.1, 0.15) is 23.4 Å². The van der Waals surface area contributed by atoms with Crippen LogP contribution < -0.4 is 15.8 Å². The van der Waals surface area contributed by atoms with Crippen LogP contribution in [0.1, 0.15) is 48.1 Å². The Kier molecular flexibility index (Phi) is 12.3. The number of esters is 1. The molecule has 2 atom stereocenters. The first-order chi connectivity index (χ1) is 18.5. The lowest BCUT2D eigenvalue weighted by molar-refractivity contribution is -0.192. The largest absolute Gasteiger partial charge is 0.490 e. The minimum Gasteiger partial charge on any atom is -0.481 e. The molecule has 1 aromatic carbocycles. The molecule has 7 N–H and O–H groups in total. The van der Waals surface area contributed by atoms with Gasteiger partial charge in [-0.25, -0.2) is 14.4 Å². The van der Waals surface area contributed by atoms with Crippen molar-refractivity contribution in [1.82, 2.24) is 5.32 Å². The topological polar surface area (TPSA) is 230 Å². The Hall–Kier alpha value is -4.89. The van der Waals surface area contributed by atoms with Crippen molar-refractivity contribution in [2.75, 3.05) is 0 Å². The van der Waals surface area contributed by atoms with Crippen molar-refractivity contribution in [3.05, 3.63) is 53.5 Å². The van der Waals surface area contributed by atoms with E-state index in [2.05, 4.69) is 5.32 Å². The molecule has 0 radical (unpaired) electrons. The first-order valence-electron chi connectivity index (χ1n) is 11.4. The van der Waals surface area contributed by atoms with Gasteiger partial charge in [0.05, 0.1) is 0 Å². The number of rotatable bonds is 12. The van der Waals surface area contributed by atoms with Gasteiger partial charge in [0.15, 0.2) is 0 Å². The third-order valence-electron chi connectivity index (χ3n) is 5.05. The number of hydrogen-bond donors (Lipinski definition) is 6. The number of carboxylic acid groups (broad SMARTS) is 3. The predicted molar refractivity (Wildman–Crippen MR) is 129 cm³/mol. The fourth-order valence-corrected chi connectivity index (χ4v) is 2.94. The smallest absolute Gasteiger partial charge is 0.481 e. The third-order valence-corrected chi connectivity index (χ3v) is 5.05. The minimum absolute atomic E-state index is 0.0826. The number of amides is 1. The molecule has 1 unspecified atom stereocenters.